The number of nitrogens with zero attached hydrogens (tertiary/aromatic N) is 1. The van der Waals surface area contributed by atoms with Gasteiger partial charge in [0.1, 0.15) is 5.75 Å². The first-order valence-corrected chi connectivity index (χ1v) is 10.1. The highest BCUT2D eigenvalue weighted by molar-refractivity contribution is 8.93. The number of ether oxygens (including phenoxy) is 1. The number of halogens is 1. The average molecular weight is 454 g/mol. The molecule has 152 valence electrons. The minimum atomic E-state index is -0.330. The van der Waals surface area contributed by atoms with Crippen LogP contribution >= 0.6 is 17.0 Å². The van der Waals surface area contributed by atoms with Crippen molar-refractivity contribution < 1.29 is 9.53 Å². The fourth-order valence-corrected chi connectivity index (χ4v) is 4.04. The Bertz CT molecular complexity index is 979. The zero-order chi connectivity index (χ0) is 19.6. The van der Waals surface area contributed by atoms with E-state index in [1.807, 2.05) is 36.4 Å². The minimum absolute atomic E-state index is 0. The van der Waals surface area contributed by atoms with E-state index >= 15 is 0 Å². The predicted octanol–water partition coefficient (Wildman–Crippen LogP) is 6.01. The highest BCUT2D eigenvalue weighted by Crippen LogP contribution is 2.30. The standard InChI is InChI=1S/C25H27NO2.BrH/c1-25(2,18-26-14-6-7-15-26)22-12-10-21-17-23(13-11-20(21)16-22)28-24(27)19-8-4-3-5-9-19;/h3-5,8-13,16-17H,6-7,14-15,18H2,1-2H3;1H. The number of benzene rings is 3. The van der Waals surface area contributed by atoms with Crippen LogP contribution in [0.4, 0.5) is 0 Å². The second-order valence-corrected chi connectivity index (χ2v) is 8.35. The summed E-state index contributed by atoms with van der Waals surface area (Å²) in [5, 5.41) is 2.26. The second kappa shape index (κ2) is 9.10. The SMILES string of the molecule is Br.CC(C)(CN1CCCC1)c1ccc2cc(OC(=O)c3ccccc3)ccc2c1. The molecule has 0 bridgehead atoms. The first kappa shape index (κ1) is 21.5. The van der Waals surface area contributed by atoms with Gasteiger partial charge in [-0.15, -0.1) is 17.0 Å². The fourth-order valence-electron chi connectivity index (χ4n) is 4.04. The maximum absolute atomic E-state index is 12.3. The smallest absolute Gasteiger partial charge is 0.343 e. The molecule has 0 saturated carbocycles. The van der Waals surface area contributed by atoms with Crippen LogP contribution in [0.3, 0.4) is 0 Å². The highest BCUT2D eigenvalue weighted by Gasteiger charge is 2.25. The first-order valence-electron chi connectivity index (χ1n) is 10.1. The van der Waals surface area contributed by atoms with Crippen LogP contribution in [0, 0.1) is 0 Å². The van der Waals surface area contributed by atoms with Gasteiger partial charge >= 0.3 is 5.97 Å². The lowest BCUT2D eigenvalue weighted by Gasteiger charge is -2.31. The van der Waals surface area contributed by atoms with Crippen molar-refractivity contribution in [2.24, 2.45) is 0 Å². The van der Waals surface area contributed by atoms with Crippen molar-refractivity contribution in [2.45, 2.75) is 32.1 Å². The predicted molar refractivity (Wildman–Crippen MR) is 124 cm³/mol. The van der Waals surface area contributed by atoms with E-state index in [-0.39, 0.29) is 28.4 Å². The van der Waals surface area contributed by atoms with Crippen LogP contribution in [0.5, 0.6) is 5.75 Å². The summed E-state index contributed by atoms with van der Waals surface area (Å²) in [6.07, 6.45) is 2.64. The van der Waals surface area contributed by atoms with Crippen molar-refractivity contribution >= 4 is 33.7 Å². The number of esters is 1. The van der Waals surface area contributed by atoms with Crippen LogP contribution in [0.2, 0.25) is 0 Å². The van der Waals surface area contributed by atoms with Gasteiger partial charge in [-0.05, 0) is 66.5 Å². The molecule has 0 N–H and O–H groups in total. The van der Waals surface area contributed by atoms with E-state index in [4.69, 9.17) is 4.74 Å². The molecule has 0 unspecified atom stereocenters. The van der Waals surface area contributed by atoms with Crippen LogP contribution in [0.25, 0.3) is 10.8 Å². The van der Waals surface area contributed by atoms with Crippen molar-refractivity contribution in [3.05, 3.63) is 77.9 Å². The Kier molecular flexibility index (Phi) is 6.76. The third-order valence-corrected chi connectivity index (χ3v) is 5.63. The van der Waals surface area contributed by atoms with Gasteiger partial charge in [0.05, 0.1) is 5.56 Å². The summed E-state index contributed by atoms with van der Waals surface area (Å²) in [7, 11) is 0. The van der Waals surface area contributed by atoms with Crippen LogP contribution in [0.1, 0.15) is 42.6 Å². The van der Waals surface area contributed by atoms with E-state index in [0.29, 0.717) is 11.3 Å². The van der Waals surface area contributed by atoms with Gasteiger partial charge in [-0.2, -0.15) is 0 Å². The monoisotopic (exact) mass is 453 g/mol. The molecule has 0 atom stereocenters. The van der Waals surface area contributed by atoms with Crippen molar-refractivity contribution in [1.29, 1.82) is 0 Å². The van der Waals surface area contributed by atoms with E-state index < -0.39 is 0 Å². The van der Waals surface area contributed by atoms with E-state index in [1.165, 1.54) is 36.9 Å². The Hall–Kier alpha value is -2.17. The molecule has 1 aliphatic heterocycles. The molecule has 1 aliphatic rings. The van der Waals surface area contributed by atoms with Gasteiger partial charge in [0.15, 0.2) is 0 Å². The summed E-state index contributed by atoms with van der Waals surface area (Å²) in [6, 6.07) is 21.6. The molecule has 1 saturated heterocycles. The molecule has 3 nitrogen and oxygen atoms in total. The van der Waals surface area contributed by atoms with Gasteiger partial charge in [-0.3, -0.25) is 0 Å². The Morgan fingerprint density at radius 2 is 1.59 bits per heavy atom. The van der Waals surface area contributed by atoms with Gasteiger partial charge in [-0.1, -0.05) is 56.3 Å². The maximum Gasteiger partial charge on any atom is 0.343 e. The molecule has 0 amide bonds. The Morgan fingerprint density at radius 3 is 2.31 bits per heavy atom. The molecule has 0 radical (unpaired) electrons. The Balaban J connectivity index is 0.00000240. The van der Waals surface area contributed by atoms with E-state index in [1.54, 1.807) is 12.1 Å². The van der Waals surface area contributed by atoms with Crippen LogP contribution in [0.15, 0.2) is 66.7 Å². The van der Waals surface area contributed by atoms with Crippen LogP contribution in [-0.4, -0.2) is 30.5 Å². The Labute approximate surface area is 183 Å². The van der Waals surface area contributed by atoms with E-state index in [9.17, 15) is 4.79 Å². The average Bonchev–Trinajstić information content (AvgIpc) is 3.20. The molecule has 29 heavy (non-hydrogen) atoms. The number of carbonyl (C=O) groups excluding carboxylic acids is 1. The number of rotatable bonds is 5. The number of likely N-dealkylation sites (tertiary alicyclic amines) is 1. The molecule has 0 aromatic heterocycles. The van der Waals surface area contributed by atoms with Gasteiger partial charge in [0.2, 0.25) is 0 Å². The molecule has 0 spiro atoms. The van der Waals surface area contributed by atoms with Crippen molar-refractivity contribution in [2.75, 3.05) is 19.6 Å². The van der Waals surface area contributed by atoms with Crippen LogP contribution in [-0.2, 0) is 5.41 Å². The lowest BCUT2D eigenvalue weighted by atomic mass is 9.83. The summed E-state index contributed by atoms with van der Waals surface area (Å²) in [5.41, 5.74) is 2.01. The zero-order valence-electron chi connectivity index (χ0n) is 17.1. The third kappa shape index (κ3) is 5.06. The third-order valence-electron chi connectivity index (χ3n) is 5.63. The van der Waals surface area contributed by atoms with Gasteiger partial charge < -0.3 is 9.64 Å². The molecule has 4 rings (SSSR count). The molecule has 0 aliphatic carbocycles. The van der Waals surface area contributed by atoms with Gasteiger partial charge in [0.25, 0.3) is 0 Å². The largest absolute Gasteiger partial charge is 0.423 e. The fraction of sp³-hybridized carbons (Fsp3) is 0.320. The lowest BCUT2D eigenvalue weighted by molar-refractivity contribution is 0.0735. The topological polar surface area (TPSA) is 29.5 Å². The number of carbonyl (C=O) groups is 1. The molecular weight excluding hydrogens is 426 g/mol. The molecular formula is C25H28BrNO2. The number of fused-ring (bicyclic) bond motifs is 1. The molecule has 3 aromatic carbocycles. The first-order chi connectivity index (χ1) is 13.5. The van der Waals surface area contributed by atoms with Crippen molar-refractivity contribution in [1.82, 2.24) is 4.90 Å². The van der Waals surface area contributed by atoms with Crippen molar-refractivity contribution in [3.8, 4) is 5.75 Å². The summed E-state index contributed by atoms with van der Waals surface area (Å²) in [6.45, 7) is 8.16. The summed E-state index contributed by atoms with van der Waals surface area (Å²) in [4.78, 5) is 14.8. The van der Waals surface area contributed by atoms with E-state index in [2.05, 4.69) is 36.9 Å². The second-order valence-electron chi connectivity index (χ2n) is 8.35. The van der Waals surface area contributed by atoms with Gasteiger partial charge in [0, 0.05) is 12.0 Å². The van der Waals surface area contributed by atoms with E-state index in [0.717, 1.165) is 11.9 Å². The van der Waals surface area contributed by atoms with Gasteiger partial charge in [-0.25, -0.2) is 4.79 Å². The molecule has 1 heterocycles. The summed E-state index contributed by atoms with van der Waals surface area (Å²) >= 11 is 0. The zero-order valence-corrected chi connectivity index (χ0v) is 18.8. The molecule has 1 fully saturated rings. The quantitative estimate of drug-likeness (QED) is 0.349. The number of hydrogen-bond acceptors (Lipinski definition) is 3. The lowest BCUT2D eigenvalue weighted by Crippen LogP contribution is -2.35. The number of hydrogen-bond donors (Lipinski definition) is 0. The maximum atomic E-state index is 12.3. The molecule has 4 heteroatoms. The normalized spacial score (nSPS) is 14.6. The van der Waals surface area contributed by atoms with Crippen LogP contribution < -0.4 is 4.74 Å². The summed E-state index contributed by atoms with van der Waals surface area (Å²) in [5.74, 6) is 0.244. The Morgan fingerprint density at radius 1 is 0.931 bits per heavy atom. The minimum Gasteiger partial charge on any atom is -0.423 e. The summed E-state index contributed by atoms with van der Waals surface area (Å²) < 4.78 is 5.55. The molecule has 3 aromatic rings. The highest BCUT2D eigenvalue weighted by atomic mass is 79.9. The van der Waals surface area contributed by atoms with Crippen molar-refractivity contribution in [3.63, 3.8) is 0 Å².